The largest absolute Gasteiger partial charge is 0.481 e. The molecule has 0 spiro atoms. The van der Waals surface area contributed by atoms with E-state index >= 15 is 0 Å². The predicted molar refractivity (Wildman–Crippen MR) is 128 cm³/mol. The third kappa shape index (κ3) is 4.65. The highest BCUT2D eigenvalue weighted by Gasteiger charge is 2.40. The van der Waals surface area contributed by atoms with Crippen molar-refractivity contribution in [1.29, 1.82) is 0 Å². The molecular weight excluding hydrogens is 432 g/mol. The van der Waals surface area contributed by atoms with Crippen molar-refractivity contribution in [2.24, 2.45) is 5.92 Å². The molecule has 180 valence electrons. The molecule has 4 rings (SSSR count). The van der Waals surface area contributed by atoms with E-state index in [1.165, 1.54) is 0 Å². The Morgan fingerprint density at radius 1 is 1.03 bits per heavy atom. The van der Waals surface area contributed by atoms with Crippen molar-refractivity contribution < 1.29 is 24.2 Å². The lowest BCUT2D eigenvalue weighted by molar-refractivity contribution is -0.147. The second kappa shape index (κ2) is 9.87. The Morgan fingerprint density at radius 2 is 1.59 bits per heavy atom. The van der Waals surface area contributed by atoms with E-state index in [-0.39, 0.29) is 18.4 Å². The van der Waals surface area contributed by atoms with Crippen LogP contribution in [0.5, 0.6) is 0 Å². The van der Waals surface area contributed by atoms with Gasteiger partial charge in [0.25, 0.3) is 0 Å². The summed E-state index contributed by atoms with van der Waals surface area (Å²) in [6.07, 6.45) is 1.40. The molecule has 1 fully saturated rings. The number of carbonyl (C=O) groups is 3. The minimum atomic E-state index is -1.10. The van der Waals surface area contributed by atoms with Crippen LogP contribution in [-0.4, -0.2) is 53.2 Å². The number of aliphatic carboxylic acids is 1. The summed E-state index contributed by atoms with van der Waals surface area (Å²) in [6, 6.07) is 16.3. The minimum Gasteiger partial charge on any atom is -0.481 e. The molecule has 1 atom stereocenters. The van der Waals surface area contributed by atoms with Gasteiger partial charge in [-0.05, 0) is 48.4 Å². The number of fused-ring (bicyclic) bond motifs is 3. The Kier molecular flexibility index (Phi) is 6.91. The highest BCUT2D eigenvalue weighted by Crippen LogP contribution is 2.44. The van der Waals surface area contributed by atoms with Gasteiger partial charge in [-0.25, -0.2) is 4.79 Å². The van der Waals surface area contributed by atoms with Crippen molar-refractivity contribution in [3.05, 3.63) is 59.7 Å². The molecule has 1 saturated heterocycles. The van der Waals surface area contributed by atoms with E-state index in [1.54, 1.807) is 11.8 Å². The SMILES string of the molecule is CCCC(C)(NC(=O)OCC1c2ccccc2-c2ccccc21)C(=O)N1CCC(C(=O)O)CC1. The average molecular weight is 465 g/mol. The maximum Gasteiger partial charge on any atom is 0.408 e. The van der Waals surface area contributed by atoms with Crippen molar-refractivity contribution in [1.82, 2.24) is 10.2 Å². The number of rotatable bonds is 7. The number of hydrogen-bond acceptors (Lipinski definition) is 4. The van der Waals surface area contributed by atoms with Crippen molar-refractivity contribution in [2.45, 2.75) is 51.0 Å². The molecule has 2 N–H and O–H groups in total. The van der Waals surface area contributed by atoms with E-state index in [4.69, 9.17) is 4.74 Å². The fourth-order valence-corrected chi connectivity index (χ4v) is 5.26. The molecule has 34 heavy (non-hydrogen) atoms. The summed E-state index contributed by atoms with van der Waals surface area (Å²) in [4.78, 5) is 39.1. The quantitative estimate of drug-likeness (QED) is 0.633. The first-order chi connectivity index (χ1) is 16.3. The molecule has 1 heterocycles. The molecule has 0 aromatic heterocycles. The van der Waals surface area contributed by atoms with Crippen LogP contribution in [0.4, 0.5) is 4.79 Å². The Hall–Kier alpha value is -3.35. The second-order valence-electron chi connectivity index (χ2n) is 9.44. The van der Waals surface area contributed by atoms with Crippen molar-refractivity contribution in [3.63, 3.8) is 0 Å². The number of carboxylic acids is 1. The second-order valence-corrected chi connectivity index (χ2v) is 9.44. The van der Waals surface area contributed by atoms with E-state index in [0.717, 1.165) is 22.3 Å². The molecule has 1 aliphatic carbocycles. The summed E-state index contributed by atoms with van der Waals surface area (Å²) in [7, 11) is 0. The van der Waals surface area contributed by atoms with Gasteiger partial charge in [0, 0.05) is 19.0 Å². The maximum atomic E-state index is 13.3. The van der Waals surface area contributed by atoms with Crippen LogP contribution in [0.15, 0.2) is 48.5 Å². The van der Waals surface area contributed by atoms with Crippen LogP contribution in [0.1, 0.15) is 56.6 Å². The maximum absolute atomic E-state index is 13.3. The van der Waals surface area contributed by atoms with Crippen molar-refractivity contribution >= 4 is 18.0 Å². The lowest BCUT2D eigenvalue weighted by Gasteiger charge is -2.38. The summed E-state index contributed by atoms with van der Waals surface area (Å²) >= 11 is 0. The molecular formula is C27H32N2O5. The number of amides is 2. The molecule has 2 amide bonds. The van der Waals surface area contributed by atoms with Crippen LogP contribution in [-0.2, 0) is 14.3 Å². The zero-order valence-electron chi connectivity index (χ0n) is 19.8. The standard InChI is InChI=1S/C27H32N2O5/c1-3-14-27(2,25(32)29-15-12-18(13-16-29)24(30)31)28-26(33)34-17-23-21-10-6-4-8-19(21)20-9-5-7-11-22(20)23/h4-11,18,23H,3,12-17H2,1-2H3,(H,28,33)(H,30,31). The van der Waals surface area contributed by atoms with E-state index in [9.17, 15) is 19.5 Å². The molecule has 0 bridgehead atoms. The molecule has 2 aliphatic rings. The number of benzene rings is 2. The Bertz CT molecular complexity index is 1030. The van der Waals surface area contributed by atoms with Crippen LogP contribution in [0, 0.1) is 5.92 Å². The first kappa shape index (κ1) is 23.8. The van der Waals surface area contributed by atoms with Gasteiger partial charge in [-0.1, -0.05) is 61.9 Å². The number of ether oxygens (including phenoxy) is 1. The first-order valence-corrected chi connectivity index (χ1v) is 12.0. The molecule has 0 saturated carbocycles. The van der Waals surface area contributed by atoms with Crippen LogP contribution < -0.4 is 5.32 Å². The Labute approximate surface area is 200 Å². The fourth-order valence-electron chi connectivity index (χ4n) is 5.26. The summed E-state index contributed by atoms with van der Waals surface area (Å²) in [5, 5.41) is 12.0. The molecule has 0 radical (unpaired) electrons. The average Bonchev–Trinajstić information content (AvgIpc) is 3.16. The van der Waals surface area contributed by atoms with E-state index in [1.807, 2.05) is 31.2 Å². The molecule has 1 unspecified atom stereocenters. The number of carbonyl (C=O) groups excluding carboxylic acids is 2. The van der Waals surface area contributed by atoms with Gasteiger partial charge in [0.2, 0.25) is 5.91 Å². The lowest BCUT2D eigenvalue weighted by Crippen LogP contribution is -2.59. The predicted octanol–water partition coefficient (Wildman–Crippen LogP) is 4.41. The number of likely N-dealkylation sites (tertiary alicyclic amines) is 1. The molecule has 2 aromatic carbocycles. The van der Waals surface area contributed by atoms with E-state index in [2.05, 4.69) is 29.6 Å². The number of carboxylic acid groups (broad SMARTS) is 1. The van der Waals surface area contributed by atoms with Gasteiger partial charge in [-0.3, -0.25) is 9.59 Å². The minimum absolute atomic E-state index is 0.0543. The van der Waals surface area contributed by atoms with Gasteiger partial charge < -0.3 is 20.1 Å². The highest BCUT2D eigenvalue weighted by molar-refractivity contribution is 5.90. The normalized spacial score (nSPS) is 17.4. The van der Waals surface area contributed by atoms with Gasteiger partial charge >= 0.3 is 12.1 Å². The number of hydrogen-bond donors (Lipinski definition) is 2. The van der Waals surface area contributed by atoms with Gasteiger partial charge in [0.15, 0.2) is 0 Å². The van der Waals surface area contributed by atoms with Crippen LogP contribution in [0.2, 0.25) is 0 Å². The number of nitrogens with zero attached hydrogens (tertiary/aromatic N) is 1. The first-order valence-electron chi connectivity index (χ1n) is 12.0. The summed E-state index contributed by atoms with van der Waals surface area (Å²) in [5.74, 6) is -1.48. The number of alkyl carbamates (subject to hydrolysis) is 1. The zero-order chi connectivity index (χ0) is 24.3. The fraction of sp³-hybridized carbons (Fsp3) is 0.444. The summed E-state index contributed by atoms with van der Waals surface area (Å²) in [5.41, 5.74) is 3.47. The third-order valence-electron chi connectivity index (χ3n) is 7.08. The summed E-state index contributed by atoms with van der Waals surface area (Å²) < 4.78 is 5.67. The van der Waals surface area contributed by atoms with E-state index in [0.29, 0.717) is 38.8 Å². The van der Waals surface area contributed by atoms with Crippen molar-refractivity contribution in [2.75, 3.05) is 19.7 Å². The van der Waals surface area contributed by atoms with Crippen LogP contribution >= 0.6 is 0 Å². The van der Waals surface area contributed by atoms with Crippen molar-refractivity contribution in [3.8, 4) is 11.1 Å². The molecule has 7 heteroatoms. The van der Waals surface area contributed by atoms with Gasteiger partial charge in [-0.15, -0.1) is 0 Å². The Morgan fingerprint density at radius 3 is 2.12 bits per heavy atom. The number of piperidine rings is 1. The zero-order valence-corrected chi connectivity index (χ0v) is 19.8. The molecule has 1 aliphatic heterocycles. The number of nitrogens with one attached hydrogen (secondary N) is 1. The highest BCUT2D eigenvalue weighted by atomic mass is 16.5. The van der Waals surface area contributed by atoms with Crippen LogP contribution in [0.3, 0.4) is 0 Å². The van der Waals surface area contributed by atoms with Crippen LogP contribution in [0.25, 0.3) is 11.1 Å². The Balaban J connectivity index is 1.42. The molecule has 7 nitrogen and oxygen atoms in total. The third-order valence-corrected chi connectivity index (χ3v) is 7.08. The van der Waals surface area contributed by atoms with Gasteiger partial charge in [0.1, 0.15) is 12.1 Å². The topological polar surface area (TPSA) is 95.9 Å². The lowest BCUT2D eigenvalue weighted by atomic mass is 9.91. The van der Waals surface area contributed by atoms with Gasteiger partial charge in [-0.2, -0.15) is 0 Å². The monoisotopic (exact) mass is 464 g/mol. The van der Waals surface area contributed by atoms with Gasteiger partial charge in [0.05, 0.1) is 5.92 Å². The van der Waals surface area contributed by atoms with E-state index < -0.39 is 23.5 Å². The molecule has 2 aromatic rings. The summed E-state index contributed by atoms with van der Waals surface area (Å²) in [6.45, 7) is 4.62. The smallest absolute Gasteiger partial charge is 0.408 e.